The zero-order valence-electron chi connectivity index (χ0n) is 14.8. The largest absolute Gasteiger partial charge is 0.310 e. The Morgan fingerprint density at radius 1 is 0.800 bits per heavy atom. The van der Waals surface area contributed by atoms with Crippen LogP contribution in [0.1, 0.15) is 36.0 Å². The Balaban J connectivity index is 1.93. The van der Waals surface area contributed by atoms with Gasteiger partial charge < -0.3 is 4.90 Å². The summed E-state index contributed by atoms with van der Waals surface area (Å²) in [4.78, 5) is 2.36. The van der Waals surface area contributed by atoms with Crippen molar-refractivity contribution < 1.29 is 0 Å². The van der Waals surface area contributed by atoms with Crippen LogP contribution in [0.15, 0.2) is 78.9 Å². The van der Waals surface area contributed by atoms with Crippen molar-refractivity contribution in [3.63, 3.8) is 0 Å². The van der Waals surface area contributed by atoms with E-state index in [0.29, 0.717) is 5.92 Å². The Morgan fingerprint density at radius 3 is 2.28 bits per heavy atom. The Bertz CT molecular complexity index is 891. The van der Waals surface area contributed by atoms with Crippen LogP contribution in [0.4, 0.5) is 17.1 Å². The highest BCUT2D eigenvalue weighted by Crippen LogP contribution is 2.41. The number of rotatable bonds is 3. The van der Waals surface area contributed by atoms with Crippen LogP contribution < -0.4 is 4.90 Å². The maximum Gasteiger partial charge on any atom is 0.0536 e. The summed E-state index contributed by atoms with van der Waals surface area (Å²) in [6.07, 6.45) is 5.70. The van der Waals surface area contributed by atoms with Gasteiger partial charge in [0, 0.05) is 16.9 Å². The average molecular weight is 325 g/mol. The Hall–Kier alpha value is -2.80. The number of hydrogen-bond acceptors (Lipinski definition) is 1. The highest BCUT2D eigenvalue weighted by molar-refractivity contribution is 5.84. The minimum Gasteiger partial charge on any atom is -0.310 e. The van der Waals surface area contributed by atoms with E-state index in [1.165, 1.54) is 33.8 Å². The van der Waals surface area contributed by atoms with Crippen LogP contribution in [0.2, 0.25) is 0 Å². The number of nitrogens with zero attached hydrogens (tertiary/aromatic N) is 1. The van der Waals surface area contributed by atoms with E-state index in [0.717, 1.165) is 6.42 Å². The summed E-state index contributed by atoms with van der Waals surface area (Å²) in [6, 6.07) is 26.1. The molecule has 0 spiro atoms. The zero-order valence-corrected chi connectivity index (χ0v) is 14.8. The standard InChI is InChI=1S/C24H23N/c1-18-14-16-21(17-15-18)25(20-9-4-3-5-10-20)24-13-7-11-22-19(2)8-6-12-23(22)24/h3-7,9-17,19H,8H2,1-2H3. The smallest absolute Gasteiger partial charge is 0.0536 e. The molecule has 0 aliphatic heterocycles. The fourth-order valence-electron chi connectivity index (χ4n) is 3.59. The van der Waals surface area contributed by atoms with Crippen LogP contribution in [-0.2, 0) is 0 Å². The molecule has 1 nitrogen and oxygen atoms in total. The van der Waals surface area contributed by atoms with Crippen molar-refractivity contribution in [2.45, 2.75) is 26.2 Å². The second-order valence-electron chi connectivity index (χ2n) is 6.83. The predicted octanol–water partition coefficient (Wildman–Crippen LogP) is 6.99. The summed E-state index contributed by atoms with van der Waals surface area (Å²) < 4.78 is 0. The van der Waals surface area contributed by atoms with E-state index < -0.39 is 0 Å². The van der Waals surface area contributed by atoms with E-state index in [-0.39, 0.29) is 0 Å². The van der Waals surface area contributed by atoms with Crippen LogP contribution >= 0.6 is 0 Å². The van der Waals surface area contributed by atoms with E-state index in [1.807, 2.05) is 0 Å². The van der Waals surface area contributed by atoms with Crippen molar-refractivity contribution in [3.05, 3.63) is 95.6 Å². The van der Waals surface area contributed by atoms with E-state index >= 15 is 0 Å². The van der Waals surface area contributed by atoms with Crippen LogP contribution in [-0.4, -0.2) is 0 Å². The predicted molar refractivity (Wildman–Crippen MR) is 108 cm³/mol. The molecule has 0 saturated carbocycles. The van der Waals surface area contributed by atoms with Crippen LogP contribution in [0.3, 0.4) is 0 Å². The molecule has 3 aromatic rings. The first kappa shape index (κ1) is 15.7. The van der Waals surface area contributed by atoms with Gasteiger partial charge in [0.25, 0.3) is 0 Å². The molecule has 1 aliphatic rings. The van der Waals surface area contributed by atoms with Gasteiger partial charge in [-0.15, -0.1) is 0 Å². The molecular formula is C24H23N. The monoisotopic (exact) mass is 325 g/mol. The van der Waals surface area contributed by atoms with Gasteiger partial charge in [-0.3, -0.25) is 0 Å². The van der Waals surface area contributed by atoms with E-state index in [4.69, 9.17) is 0 Å². The normalized spacial score (nSPS) is 15.7. The molecule has 3 aromatic carbocycles. The molecule has 4 rings (SSSR count). The first-order valence-electron chi connectivity index (χ1n) is 8.95. The Labute approximate surface area is 150 Å². The molecule has 1 heteroatoms. The Morgan fingerprint density at radius 2 is 1.52 bits per heavy atom. The number of aryl methyl sites for hydroxylation is 1. The lowest BCUT2D eigenvalue weighted by Crippen LogP contribution is -2.13. The van der Waals surface area contributed by atoms with E-state index in [2.05, 4.69) is 104 Å². The molecule has 124 valence electrons. The van der Waals surface area contributed by atoms with Gasteiger partial charge in [-0.05, 0) is 55.2 Å². The molecule has 0 saturated heterocycles. The SMILES string of the molecule is Cc1ccc(N(c2ccccc2)c2cccc3c2C=CCC3C)cc1. The molecule has 1 atom stereocenters. The molecular weight excluding hydrogens is 302 g/mol. The summed E-state index contributed by atoms with van der Waals surface area (Å²) in [5.74, 6) is 0.565. The van der Waals surface area contributed by atoms with Gasteiger partial charge in [0.15, 0.2) is 0 Å². The van der Waals surface area contributed by atoms with Gasteiger partial charge in [-0.2, -0.15) is 0 Å². The summed E-state index contributed by atoms with van der Waals surface area (Å²) in [5.41, 5.74) is 7.68. The van der Waals surface area contributed by atoms with Crippen LogP contribution in [0.5, 0.6) is 0 Å². The average Bonchev–Trinajstić information content (AvgIpc) is 2.65. The van der Waals surface area contributed by atoms with Gasteiger partial charge in [-0.25, -0.2) is 0 Å². The molecule has 1 aliphatic carbocycles. The molecule has 0 N–H and O–H groups in total. The van der Waals surface area contributed by atoms with Crippen molar-refractivity contribution in [2.24, 2.45) is 0 Å². The first-order chi connectivity index (χ1) is 12.2. The van der Waals surface area contributed by atoms with Gasteiger partial charge >= 0.3 is 0 Å². The maximum atomic E-state index is 2.36. The minimum absolute atomic E-state index is 0.565. The topological polar surface area (TPSA) is 3.24 Å². The number of benzene rings is 3. The van der Waals surface area contributed by atoms with Crippen molar-refractivity contribution in [2.75, 3.05) is 4.90 Å². The Kier molecular flexibility index (Phi) is 4.15. The third-order valence-electron chi connectivity index (χ3n) is 4.97. The van der Waals surface area contributed by atoms with Crippen molar-refractivity contribution in [1.82, 2.24) is 0 Å². The highest BCUT2D eigenvalue weighted by atomic mass is 15.1. The fraction of sp³-hybridized carbons (Fsp3) is 0.167. The molecule has 0 fully saturated rings. The lowest BCUT2D eigenvalue weighted by atomic mass is 9.87. The fourth-order valence-corrected chi connectivity index (χ4v) is 3.59. The minimum atomic E-state index is 0.565. The highest BCUT2D eigenvalue weighted by Gasteiger charge is 2.20. The van der Waals surface area contributed by atoms with Gasteiger partial charge in [0.05, 0.1) is 5.69 Å². The summed E-state index contributed by atoms with van der Waals surface area (Å²) >= 11 is 0. The van der Waals surface area contributed by atoms with Crippen LogP contribution in [0.25, 0.3) is 6.08 Å². The molecule has 0 heterocycles. The van der Waals surface area contributed by atoms with Crippen molar-refractivity contribution in [3.8, 4) is 0 Å². The number of allylic oxidation sites excluding steroid dienone is 1. The molecule has 0 aromatic heterocycles. The number of hydrogen-bond donors (Lipinski definition) is 0. The van der Waals surface area contributed by atoms with Gasteiger partial charge in [-0.1, -0.05) is 67.1 Å². The van der Waals surface area contributed by atoms with Crippen LogP contribution in [0, 0.1) is 6.92 Å². The number of para-hydroxylation sites is 1. The zero-order chi connectivity index (χ0) is 17.2. The molecule has 0 bridgehead atoms. The van der Waals surface area contributed by atoms with Gasteiger partial charge in [0.1, 0.15) is 0 Å². The number of fused-ring (bicyclic) bond motifs is 1. The lowest BCUT2D eigenvalue weighted by Gasteiger charge is -2.30. The van der Waals surface area contributed by atoms with Crippen molar-refractivity contribution in [1.29, 1.82) is 0 Å². The summed E-state index contributed by atoms with van der Waals surface area (Å²) in [6.45, 7) is 4.44. The number of anilines is 3. The van der Waals surface area contributed by atoms with Gasteiger partial charge in [0.2, 0.25) is 0 Å². The second kappa shape index (κ2) is 6.60. The second-order valence-corrected chi connectivity index (χ2v) is 6.83. The molecule has 0 radical (unpaired) electrons. The first-order valence-corrected chi connectivity index (χ1v) is 8.95. The van der Waals surface area contributed by atoms with E-state index in [1.54, 1.807) is 0 Å². The quantitative estimate of drug-likeness (QED) is 0.502. The summed E-state index contributed by atoms with van der Waals surface area (Å²) in [7, 11) is 0. The van der Waals surface area contributed by atoms with E-state index in [9.17, 15) is 0 Å². The third kappa shape index (κ3) is 2.98. The summed E-state index contributed by atoms with van der Waals surface area (Å²) in [5, 5.41) is 0. The molecule has 0 amide bonds. The maximum absolute atomic E-state index is 2.36. The third-order valence-corrected chi connectivity index (χ3v) is 4.97. The molecule has 25 heavy (non-hydrogen) atoms. The lowest BCUT2D eigenvalue weighted by molar-refractivity contribution is 0.771. The van der Waals surface area contributed by atoms with Crippen molar-refractivity contribution >= 4 is 23.1 Å². The molecule has 1 unspecified atom stereocenters.